The lowest BCUT2D eigenvalue weighted by Crippen LogP contribution is -1.98. The predicted octanol–water partition coefficient (Wildman–Crippen LogP) is 1.90. The van der Waals surface area contributed by atoms with E-state index in [1.165, 1.54) is 11.5 Å². The van der Waals surface area contributed by atoms with Crippen LogP contribution in [-0.4, -0.2) is 16.1 Å². The highest BCUT2D eigenvalue weighted by Crippen LogP contribution is 2.28. The van der Waals surface area contributed by atoms with Gasteiger partial charge in [0, 0.05) is 5.39 Å². The third-order valence-electron chi connectivity index (χ3n) is 2.07. The average molecular weight is 204 g/mol. The van der Waals surface area contributed by atoms with E-state index in [4.69, 9.17) is 10.4 Å². The number of nitriles is 1. The molecule has 1 unspecified atom stereocenters. The number of aromatic nitrogens is 1. The Morgan fingerprint density at radius 2 is 2.29 bits per heavy atom. The van der Waals surface area contributed by atoms with Gasteiger partial charge in [0.15, 0.2) is 0 Å². The van der Waals surface area contributed by atoms with Gasteiger partial charge in [-0.3, -0.25) is 0 Å². The van der Waals surface area contributed by atoms with Gasteiger partial charge in [-0.05, 0) is 17.6 Å². The van der Waals surface area contributed by atoms with Crippen molar-refractivity contribution in [2.75, 3.05) is 6.61 Å². The molecular weight excluding hydrogens is 196 g/mol. The van der Waals surface area contributed by atoms with Crippen molar-refractivity contribution in [2.45, 2.75) is 5.92 Å². The molecule has 3 nitrogen and oxygen atoms in total. The molecule has 70 valence electrons. The maximum absolute atomic E-state index is 9.01. The number of fused-ring (bicyclic) bond motifs is 1. The average Bonchev–Trinajstić information content (AvgIpc) is 2.65. The molecular formula is C10H8N2OS. The summed E-state index contributed by atoms with van der Waals surface area (Å²) in [5.74, 6) is -0.451. The molecule has 0 aliphatic carbocycles. The predicted molar refractivity (Wildman–Crippen MR) is 55.1 cm³/mol. The molecule has 0 amide bonds. The maximum Gasteiger partial charge on any atom is 0.106 e. The molecule has 0 fully saturated rings. The van der Waals surface area contributed by atoms with Crippen LogP contribution in [0, 0.1) is 11.3 Å². The van der Waals surface area contributed by atoms with Crippen molar-refractivity contribution in [3.63, 3.8) is 0 Å². The van der Waals surface area contributed by atoms with Gasteiger partial charge in [-0.25, -0.2) is 0 Å². The lowest BCUT2D eigenvalue weighted by atomic mass is 10.1. The zero-order valence-corrected chi connectivity index (χ0v) is 8.16. The van der Waals surface area contributed by atoms with E-state index in [0.717, 1.165) is 15.8 Å². The SMILES string of the molecule is N#CC(CO)c1snc2ccccc12. The van der Waals surface area contributed by atoms with Crippen LogP contribution in [0.3, 0.4) is 0 Å². The summed E-state index contributed by atoms with van der Waals surface area (Å²) < 4.78 is 4.21. The topological polar surface area (TPSA) is 56.9 Å². The summed E-state index contributed by atoms with van der Waals surface area (Å²) in [5, 5.41) is 18.8. The fourth-order valence-corrected chi connectivity index (χ4v) is 2.22. The number of hydrogen-bond donors (Lipinski definition) is 1. The number of nitrogens with zero attached hydrogens (tertiary/aromatic N) is 2. The van der Waals surface area contributed by atoms with Crippen LogP contribution < -0.4 is 0 Å². The standard InChI is InChI=1S/C10H8N2OS/c11-5-7(6-13)10-8-3-1-2-4-9(8)12-14-10/h1-4,7,13H,6H2. The molecule has 1 N–H and O–H groups in total. The minimum atomic E-state index is -0.451. The van der Waals surface area contributed by atoms with Gasteiger partial charge in [0.2, 0.25) is 0 Å². The molecule has 1 heterocycles. The third-order valence-corrected chi connectivity index (χ3v) is 3.06. The van der Waals surface area contributed by atoms with E-state index >= 15 is 0 Å². The van der Waals surface area contributed by atoms with E-state index in [-0.39, 0.29) is 6.61 Å². The van der Waals surface area contributed by atoms with Gasteiger partial charge in [-0.1, -0.05) is 18.2 Å². The Kier molecular flexibility index (Phi) is 2.44. The molecule has 0 spiro atoms. The highest BCUT2D eigenvalue weighted by atomic mass is 32.1. The number of benzene rings is 1. The molecule has 0 radical (unpaired) electrons. The first kappa shape index (κ1) is 9.13. The minimum Gasteiger partial charge on any atom is -0.395 e. The molecule has 0 aliphatic rings. The van der Waals surface area contributed by atoms with Crippen molar-refractivity contribution in [3.8, 4) is 6.07 Å². The second-order valence-electron chi connectivity index (χ2n) is 2.93. The summed E-state index contributed by atoms with van der Waals surface area (Å²) >= 11 is 1.29. The quantitative estimate of drug-likeness (QED) is 0.812. The first-order valence-corrected chi connectivity index (χ1v) is 4.99. The van der Waals surface area contributed by atoms with Gasteiger partial charge in [0.25, 0.3) is 0 Å². The maximum atomic E-state index is 9.01. The van der Waals surface area contributed by atoms with E-state index in [1.54, 1.807) is 0 Å². The molecule has 4 heteroatoms. The summed E-state index contributed by atoms with van der Waals surface area (Å²) in [6, 6.07) is 9.71. The molecule has 1 aromatic heterocycles. The van der Waals surface area contributed by atoms with Crippen molar-refractivity contribution < 1.29 is 5.11 Å². The van der Waals surface area contributed by atoms with E-state index in [0.29, 0.717) is 0 Å². The molecule has 2 aromatic rings. The molecule has 1 aromatic carbocycles. The van der Waals surface area contributed by atoms with Crippen molar-refractivity contribution >= 4 is 22.4 Å². The van der Waals surface area contributed by atoms with Crippen LogP contribution in [0.5, 0.6) is 0 Å². The third kappa shape index (κ3) is 1.37. The van der Waals surface area contributed by atoms with Gasteiger partial charge < -0.3 is 5.11 Å². The molecule has 2 rings (SSSR count). The van der Waals surface area contributed by atoms with Crippen molar-refractivity contribution in [2.24, 2.45) is 0 Å². The Bertz CT molecular complexity index is 486. The van der Waals surface area contributed by atoms with Crippen LogP contribution in [0.4, 0.5) is 0 Å². The van der Waals surface area contributed by atoms with Crippen LogP contribution in [0.2, 0.25) is 0 Å². The van der Waals surface area contributed by atoms with Gasteiger partial charge in [-0.2, -0.15) is 9.64 Å². The second kappa shape index (κ2) is 3.74. The Hall–Kier alpha value is -1.44. The summed E-state index contributed by atoms with van der Waals surface area (Å²) in [6.07, 6.45) is 0. The highest BCUT2D eigenvalue weighted by Gasteiger charge is 2.15. The van der Waals surface area contributed by atoms with Crippen LogP contribution in [0.1, 0.15) is 10.8 Å². The summed E-state index contributed by atoms with van der Waals surface area (Å²) in [6.45, 7) is -0.150. The number of aliphatic hydroxyl groups is 1. The van der Waals surface area contributed by atoms with E-state index in [1.807, 2.05) is 24.3 Å². The van der Waals surface area contributed by atoms with E-state index < -0.39 is 5.92 Å². The first-order valence-electron chi connectivity index (χ1n) is 4.21. The smallest absolute Gasteiger partial charge is 0.106 e. The summed E-state index contributed by atoms with van der Waals surface area (Å²) in [4.78, 5) is 0.852. The van der Waals surface area contributed by atoms with Crippen LogP contribution in [0.15, 0.2) is 24.3 Å². The van der Waals surface area contributed by atoms with Crippen molar-refractivity contribution in [1.82, 2.24) is 4.37 Å². The van der Waals surface area contributed by atoms with Crippen molar-refractivity contribution in [1.29, 1.82) is 5.26 Å². The number of rotatable bonds is 2. The second-order valence-corrected chi connectivity index (χ2v) is 3.73. The zero-order valence-electron chi connectivity index (χ0n) is 7.34. The normalized spacial score (nSPS) is 12.6. The Balaban J connectivity index is 2.59. The molecule has 1 atom stereocenters. The summed E-state index contributed by atoms with van der Waals surface area (Å²) in [5.41, 5.74) is 0.890. The van der Waals surface area contributed by atoms with E-state index in [2.05, 4.69) is 10.4 Å². The first-order chi connectivity index (χ1) is 6.86. The zero-order chi connectivity index (χ0) is 9.97. The molecule has 0 bridgehead atoms. The Morgan fingerprint density at radius 3 is 3.00 bits per heavy atom. The van der Waals surface area contributed by atoms with E-state index in [9.17, 15) is 0 Å². The summed E-state index contributed by atoms with van der Waals surface area (Å²) in [7, 11) is 0. The molecule has 0 saturated heterocycles. The molecule has 0 aliphatic heterocycles. The molecule has 0 saturated carbocycles. The highest BCUT2D eigenvalue weighted by molar-refractivity contribution is 7.07. The fourth-order valence-electron chi connectivity index (χ4n) is 1.34. The lowest BCUT2D eigenvalue weighted by Gasteiger charge is -2.00. The largest absolute Gasteiger partial charge is 0.395 e. The number of aliphatic hydroxyl groups excluding tert-OH is 1. The van der Waals surface area contributed by atoms with Crippen LogP contribution in [-0.2, 0) is 0 Å². The lowest BCUT2D eigenvalue weighted by molar-refractivity contribution is 0.287. The van der Waals surface area contributed by atoms with Gasteiger partial charge in [-0.15, -0.1) is 0 Å². The Morgan fingerprint density at radius 1 is 1.50 bits per heavy atom. The van der Waals surface area contributed by atoms with Gasteiger partial charge in [0.05, 0.1) is 23.1 Å². The monoisotopic (exact) mass is 204 g/mol. The fraction of sp³-hybridized carbons (Fsp3) is 0.200. The Labute approximate surface area is 85.4 Å². The number of hydrogen-bond acceptors (Lipinski definition) is 4. The minimum absolute atomic E-state index is 0.150. The van der Waals surface area contributed by atoms with Gasteiger partial charge >= 0.3 is 0 Å². The van der Waals surface area contributed by atoms with Gasteiger partial charge in [0.1, 0.15) is 5.92 Å². The van der Waals surface area contributed by atoms with Crippen molar-refractivity contribution in [3.05, 3.63) is 29.1 Å². The molecule has 14 heavy (non-hydrogen) atoms. The van der Waals surface area contributed by atoms with Crippen LogP contribution in [0.25, 0.3) is 10.9 Å². The van der Waals surface area contributed by atoms with Crippen LogP contribution >= 0.6 is 11.5 Å².